The second kappa shape index (κ2) is 12.0. The van der Waals surface area contributed by atoms with Gasteiger partial charge >= 0.3 is 0 Å². The Bertz CT molecular complexity index is 1300. The van der Waals surface area contributed by atoms with Crippen LogP contribution < -0.4 is 5.32 Å². The lowest BCUT2D eigenvalue weighted by atomic mass is 9.96. The molecule has 0 fully saturated rings. The number of aromatic nitrogens is 1. The van der Waals surface area contributed by atoms with E-state index < -0.39 is 0 Å². The van der Waals surface area contributed by atoms with Gasteiger partial charge in [-0.05, 0) is 37.1 Å². The minimum Gasteiger partial charge on any atom is -0.381 e. The number of benzene rings is 2. The number of hydrogen-bond donors (Lipinski definition) is 1. The van der Waals surface area contributed by atoms with Gasteiger partial charge in [0, 0.05) is 47.0 Å². The number of nitrogens with one attached hydrogen (secondary N) is 1. The van der Waals surface area contributed by atoms with Crippen molar-refractivity contribution in [3.05, 3.63) is 127 Å². The van der Waals surface area contributed by atoms with E-state index in [2.05, 4.69) is 60.6 Å². The van der Waals surface area contributed by atoms with Crippen molar-refractivity contribution in [2.45, 2.75) is 13.8 Å². The fraction of sp³-hybridized carbons (Fsp3) is 0.0968. The predicted molar refractivity (Wildman–Crippen MR) is 146 cm³/mol. The van der Waals surface area contributed by atoms with E-state index >= 15 is 0 Å². The van der Waals surface area contributed by atoms with Crippen LogP contribution in [0.4, 0.5) is 5.69 Å². The summed E-state index contributed by atoms with van der Waals surface area (Å²) in [5, 5.41) is 3.48. The fourth-order valence-corrected chi connectivity index (χ4v) is 3.46. The van der Waals surface area contributed by atoms with Crippen LogP contribution in [0.25, 0.3) is 16.8 Å². The molecular formula is C31H29N3. The predicted octanol–water partition coefficient (Wildman–Crippen LogP) is 7.12. The summed E-state index contributed by atoms with van der Waals surface area (Å²) in [5.74, 6) is 2.63. The maximum Gasteiger partial charge on any atom is 0.0732 e. The first kappa shape index (κ1) is 24.2. The zero-order valence-electron chi connectivity index (χ0n) is 19.8. The normalized spacial score (nSPS) is 11.8. The average molecular weight is 444 g/mol. The third kappa shape index (κ3) is 6.31. The van der Waals surface area contributed by atoms with Crippen molar-refractivity contribution < 1.29 is 0 Å². The summed E-state index contributed by atoms with van der Waals surface area (Å²) in [6.07, 6.45) is 16.7. The summed E-state index contributed by atoms with van der Waals surface area (Å²) in [4.78, 5) is 9.22. The minimum absolute atomic E-state index is 0.666. The molecule has 0 aliphatic rings. The first-order valence-electron chi connectivity index (χ1n) is 11.1. The van der Waals surface area contributed by atoms with Crippen LogP contribution in [0.5, 0.6) is 0 Å². The SMILES string of the molecule is C#Cc1cncc(/C(C)=N/c2cccc(-c3ccccc3)c2C(=C)NC/C(C)=C/C=C\C=C)c1. The van der Waals surface area contributed by atoms with Gasteiger partial charge in [0.1, 0.15) is 0 Å². The molecule has 168 valence electrons. The number of terminal acetylenes is 1. The number of pyridine rings is 1. The molecule has 0 atom stereocenters. The van der Waals surface area contributed by atoms with Crippen molar-refractivity contribution in [2.24, 2.45) is 4.99 Å². The van der Waals surface area contributed by atoms with E-state index in [0.717, 1.165) is 44.9 Å². The number of allylic oxidation sites excluding steroid dienone is 4. The lowest BCUT2D eigenvalue weighted by Crippen LogP contribution is -2.14. The second-order valence-electron chi connectivity index (χ2n) is 7.84. The quantitative estimate of drug-likeness (QED) is 0.217. The summed E-state index contributed by atoms with van der Waals surface area (Å²) >= 11 is 0. The first-order valence-corrected chi connectivity index (χ1v) is 11.1. The molecule has 1 aromatic heterocycles. The standard InChI is InChI=1S/C31H29N3/c1-6-8-10-14-23(3)20-33-25(5)31-29(27-15-11-9-12-16-27)17-13-18-30(31)34-24(4)28-19-26(7-2)21-32-22-28/h2,6,8-19,21-22,33H,1,5,20H2,3-4H3/b10-8-,23-14+,34-24+. The Morgan fingerprint density at radius 2 is 1.88 bits per heavy atom. The second-order valence-corrected chi connectivity index (χ2v) is 7.84. The average Bonchev–Trinajstić information content (AvgIpc) is 2.87. The van der Waals surface area contributed by atoms with Crippen molar-refractivity contribution in [2.75, 3.05) is 6.54 Å². The molecule has 0 saturated carbocycles. The number of aliphatic imine (C=N–C) groups is 1. The minimum atomic E-state index is 0.666. The van der Waals surface area contributed by atoms with Crippen molar-refractivity contribution in [1.82, 2.24) is 10.3 Å². The molecule has 2 aromatic carbocycles. The Balaban J connectivity index is 2.04. The summed E-state index contributed by atoms with van der Waals surface area (Å²) in [5.41, 5.74) is 8.38. The topological polar surface area (TPSA) is 37.3 Å². The van der Waals surface area contributed by atoms with E-state index in [1.54, 1.807) is 18.5 Å². The Morgan fingerprint density at radius 3 is 2.62 bits per heavy atom. The highest BCUT2D eigenvalue weighted by Gasteiger charge is 2.14. The van der Waals surface area contributed by atoms with E-state index in [1.165, 1.54) is 5.57 Å². The monoisotopic (exact) mass is 443 g/mol. The van der Waals surface area contributed by atoms with Crippen molar-refractivity contribution >= 4 is 17.1 Å². The van der Waals surface area contributed by atoms with Crippen molar-refractivity contribution in [3.8, 4) is 23.5 Å². The van der Waals surface area contributed by atoms with Crippen LogP contribution in [0.15, 0.2) is 115 Å². The highest BCUT2D eigenvalue weighted by Crippen LogP contribution is 2.35. The van der Waals surface area contributed by atoms with E-state index in [9.17, 15) is 0 Å². The van der Waals surface area contributed by atoms with Gasteiger partial charge in [0.15, 0.2) is 0 Å². The summed E-state index contributed by atoms with van der Waals surface area (Å²) in [6, 6.07) is 18.3. The molecule has 1 heterocycles. The molecule has 0 unspecified atom stereocenters. The van der Waals surface area contributed by atoms with Crippen LogP contribution in [-0.4, -0.2) is 17.2 Å². The molecule has 0 spiro atoms. The van der Waals surface area contributed by atoms with Gasteiger partial charge in [0.05, 0.1) is 5.69 Å². The molecular weight excluding hydrogens is 414 g/mol. The van der Waals surface area contributed by atoms with Gasteiger partial charge in [-0.25, -0.2) is 0 Å². The van der Waals surface area contributed by atoms with Gasteiger partial charge in [-0.2, -0.15) is 0 Å². The molecule has 3 rings (SSSR count). The Morgan fingerprint density at radius 1 is 1.09 bits per heavy atom. The molecule has 0 radical (unpaired) electrons. The van der Waals surface area contributed by atoms with Gasteiger partial charge in [0.2, 0.25) is 0 Å². The van der Waals surface area contributed by atoms with Crippen molar-refractivity contribution in [1.29, 1.82) is 0 Å². The van der Waals surface area contributed by atoms with E-state index in [0.29, 0.717) is 6.54 Å². The summed E-state index contributed by atoms with van der Waals surface area (Å²) < 4.78 is 0. The van der Waals surface area contributed by atoms with Crippen LogP contribution in [0.3, 0.4) is 0 Å². The number of nitrogens with zero attached hydrogens (tertiary/aromatic N) is 2. The molecule has 0 saturated heterocycles. The molecule has 3 aromatic rings. The van der Waals surface area contributed by atoms with E-state index in [4.69, 9.17) is 11.4 Å². The summed E-state index contributed by atoms with van der Waals surface area (Å²) in [6.45, 7) is 12.8. The van der Waals surface area contributed by atoms with Crippen LogP contribution in [0, 0.1) is 12.3 Å². The van der Waals surface area contributed by atoms with E-state index in [1.807, 2.05) is 55.5 Å². The van der Waals surface area contributed by atoms with Crippen LogP contribution in [-0.2, 0) is 0 Å². The number of rotatable bonds is 9. The van der Waals surface area contributed by atoms with Crippen LogP contribution >= 0.6 is 0 Å². The lowest BCUT2D eigenvalue weighted by molar-refractivity contribution is 0.958. The van der Waals surface area contributed by atoms with Gasteiger partial charge < -0.3 is 5.32 Å². The smallest absolute Gasteiger partial charge is 0.0732 e. The zero-order valence-corrected chi connectivity index (χ0v) is 19.8. The van der Waals surface area contributed by atoms with Gasteiger partial charge in [-0.15, -0.1) is 6.42 Å². The Hall–Kier alpha value is -4.42. The molecule has 0 aliphatic heterocycles. The van der Waals surface area contributed by atoms with Crippen molar-refractivity contribution in [3.63, 3.8) is 0 Å². The number of hydrogen-bond acceptors (Lipinski definition) is 3. The Kier molecular flexibility index (Phi) is 8.54. The molecule has 3 nitrogen and oxygen atoms in total. The third-order valence-electron chi connectivity index (χ3n) is 5.25. The maximum atomic E-state index is 5.55. The highest BCUT2D eigenvalue weighted by atomic mass is 14.9. The van der Waals surface area contributed by atoms with Gasteiger partial charge in [-0.3, -0.25) is 9.98 Å². The highest BCUT2D eigenvalue weighted by molar-refractivity contribution is 6.01. The fourth-order valence-electron chi connectivity index (χ4n) is 3.46. The zero-order chi connectivity index (χ0) is 24.3. The third-order valence-corrected chi connectivity index (χ3v) is 5.25. The molecule has 1 N–H and O–H groups in total. The lowest BCUT2D eigenvalue weighted by Gasteiger charge is -2.17. The van der Waals surface area contributed by atoms with Gasteiger partial charge in [-0.1, -0.05) is 91.4 Å². The summed E-state index contributed by atoms with van der Waals surface area (Å²) in [7, 11) is 0. The maximum absolute atomic E-state index is 5.55. The molecule has 0 bridgehead atoms. The molecule has 0 amide bonds. The first-order chi connectivity index (χ1) is 16.5. The van der Waals surface area contributed by atoms with Gasteiger partial charge in [0.25, 0.3) is 0 Å². The molecule has 34 heavy (non-hydrogen) atoms. The molecule has 0 aliphatic carbocycles. The Labute approximate surface area is 203 Å². The molecule has 3 heteroatoms. The van der Waals surface area contributed by atoms with Crippen LogP contribution in [0.2, 0.25) is 0 Å². The van der Waals surface area contributed by atoms with Crippen LogP contribution in [0.1, 0.15) is 30.5 Å². The largest absolute Gasteiger partial charge is 0.381 e. The van der Waals surface area contributed by atoms with E-state index in [-0.39, 0.29) is 0 Å².